The molecule has 1 aliphatic rings. The Morgan fingerprint density at radius 2 is 2.11 bits per heavy atom. The quantitative estimate of drug-likeness (QED) is 0.818. The topological polar surface area (TPSA) is 70.1 Å². The summed E-state index contributed by atoms with van der Waals surface area (Å²) in [7, 11) is 1.58. The number of ether oxygens (including phenoxy) is 1. The van der Waals surface area contributed by atoms with Gasteiger partial charge in [0.25, 0.3) is 0 Å². The average molecular weight is 272 g/mol. The van der Waals surface area contributed by atoms with E-state index in [0.29, 0.717) is 19.7 Å². The second-order valence-electron chi connectivity index (χ2n) is 5.30. The molecule has 1 rings (SSSR count). The summed E-state index contributed by atoms with van der Waals surface area (Å²) < 4.78 is 5.00. The van der Waals surface area contributed by atoms with Crippen molar-refractivity contribution in [2.45, 2.75) is 39.3 Å². The molecule has 2 atom stereocenters. The van der Waals surface area contributed by atoms with Crippen molar-refractivity contribution in [1.82, 2.24) is 9.80 Å². The van der Waals surface area contributed by atoms with E-state index in [1.165, 1.54) is 4.90 Å². The van der Waals surface area contributed by atoms with Crippen LogP contribution in [-0.2, 0) is 9.53 Å². The molecule has 0 aliphatic carbocycles. The summed E-state index contributed by atoms with van der Waals surface area (Å²) in [4.78, 5) is 26.9. The van der Waals surface area contributed by atoms with Crippen molar-refractivity contribution in [3.63, 3.8) is 0 Å². The van der Waals surface area contributed by atoms with Gasteiger partial charge >= 0.3 is 12.0 Å². The second-order valence-corrected chi connectivity index (χ2v) is 5.30. The molecule has 1 aliphatic heterocycles. The number of likely N-dealkylation sites (tertiary alicyclic amines) is 1. The van der Waals surface area contributed by atoms with Crippen LogP contribution in [0.3, 0.4) is 0 Å². The zero-order chi connectivity index (χ0) is 14.6. The Bertz CT molecular complexity index is 333. The number of carbonyl (C=O) groups is 2. The van der Waals surface area contributed by atoms with Crippen molar-refractivity contribution in [3.05, 3.63) is 0 Å². The Balaban J connectivity index is 2.81. The lowest BCUT2D eigenvalue weighted by molar-refractivity contribution is -0.142. The molecule has 0 radical (unpaired) electrons. The Labute approximate surface area is 114 Å². The molecule has 19 heavy (non-hydrogen) atoms. The number of rotatable bonds is 5. The van der Waals surface area contributed by atoms with Gasteiger partial charge in [-0.25, -0.2) is 9.59 Å². The molecule has 0 saturated carbocycles. The number of urea groups is 1. The molecule has 0 aromatic carbocycles. The zero-order valence-corrected chi connectivity index (χ0v) is 12.1. The van der Waals surface area contributed by atoms with E-state index in [1.54, 1.807) is 12.0 Å². The van der Waals surface area contributed by atoms with E-state index in [0.717, 1.165) is 6.42 Å². The Morgan fingerprint density at radius 1 is 1.47 bits per heavy atom. The SMILES string of the molecule is COCCN(C(=O)N1CCC(C)C1C(=O)O)C(C)C. The molecule has 0 bridgehead atoms. The summed E-state index contributed by atoms with van der Waals surface area (Å²) in [6.45, 7) is 7.15. The van der Waals surface area contributed by atoms with E-state index in [-0.39, 0.29) is 18.0 Å². The first kappa shape index (κ1) is 15.8. The molecule has 6 nitrogen and oxygen atoms in total. The van der Waals surface area contributed by atoms with Crippen LogP contribution in [0.2, 0.25) is 0 Å². The Morgan fingerprint density at radius 3 is 2.58 bits per heavy atom. The van der Waals surface area contributed by atoms with Crippen molar-refractivity contribution in [3.8, 4) is 0 Å². The molecule has 1 heterocycles. The molecular formula is C13H24N2O4. The number of carbonyl (C=O) groups excluding carboxylic acids is 1. The van der Waals surface area contributed by atoms with Crippen LogP contribution in [0.5, 0.6) is 0 Å². The van der Waals surface area contributed by atoms with Gasteiger partial charge in [-0.15, -0.1) is 0 Å². The predicted molar refractivity (Wildman–Crippen MR) is 71.0 cm³/mol. The first-order chi connectivity index (χ1) is 8.90. The standard InChI is InChI=1S/C13H24N2O4/c1-9(2)14(7-8-19-4)13(18)15-6-5-10(3)11(15)12(16)17/h9-11H,5-8H2,1-4H3,(H,16,17). The lowest BCUT2D eigenvalue weighted by Gasteiger charge is -2.33. The number of hydrogen-bond acceptors (Lipinski definition) is 3. The van der Waals surface area contributed by atoms with Crippen LogP contribution in [-0.4, -0.2) is 65.8 Å². The summed E-state index contributed by atoms with van der Waals surface area (Å²) in [5.74, 6) is -0.924. The Kier molecular flexibility index (Phi) is 5.60. The summed E-state index contributed by atoms with van der Waals surface area (Å²) in [6, 6.07) is -0.895. The first-order valence-corrected chi connectivity index (χ1v) is 6.69. The molecule has 0 spiro atoms. The van der Waals surface area contributed by atoms with E-state index < -0.39 is 12.0 Å². The monoisotopic (exact) mass is 272 g/mol. The van der Waals surface area contributed by atoms with Gasteiger partial charge in [0, 0.05) is 26.2 Å². The van der Waals surface area contributed by atoms with E-state index in [1.807, 2.05) is 20.8 Å². The summed E-state index contributed by atoms with van der Waals surface area (Å²) in [6.07, 6.45) is 0.735. The Hall–Kier alpha value is -1.30. The van der Waals surface area contributed by atoms with Crippen molar-refractivity contribution in [2.24, 2.45) is 5.92 Å². The molecule has 0 aromatic heterocycles. The van der Waals surface area contributed by atoms with Gasteiger partial charge in [0.05, 0.1) is 6.61 Å². The number of hydrogen-bond donors (Lipinski definition) is 1. The fourth-order valence-electron chi connectivity index (χ4n) is 2.47. The first-order valence-electron chi connectivity index (χ1n) is 6.69. The zero-order valence-electron chi connectivity index (χ0n) is 12.1. The van der Waals surface area contributed by atoms with Crippen LogP contribution >= 0.6 is 0 Å². The molecule has 1 saturated heterocycles. The van der Waals surface area contributed by atoms with Gasteiger partial charge in [0.2, 0.25) is 0 Å². The van der Waals surface area contributed by atoms with Crippen LogP contribution < -0.4 is 0 Å². The molecule has 2 unspecified atom stereocenters. The van der Waals surface area contributed by atoms with Crippen LogP contribution in [0, 0.1) is 5.92 Å². The van der Waals surface area contributed by atoms with Gasteiger partial charge in [-0.1, -0.05) is 6.92 Å². The van der Waals surface area contributed by atoms with Gasteiger partial charge < -0.3 is 19.6 Å². The van der Waals surface area contributed by atoms with Crippen LogP contribution in [0.25, 0.3) is 0 Å². The second kappa shape index (κ2) is 6.75. The third kappa shape index (κ3) is 3.59. The number of carboxylic acids is 1. The molecule has 110 valence electrons. The molecule has 2 amide bonds. The van der Waals surface area contributed by atoms with Crippen molar-refractivity contribution in [1.29, 1.82) is 0 Å². The highest BCUT2D eigenvalue weighted by Crippen LogP contribution is 2.25. The highest BCUT2D eigenvalue weighted by Gasteiger charge is 2.41. The minimum absolute atomic E-state index is 0.00196. The maximum absolute atomic E-state index is 12.5. The maximum Gasteiger partial charge on any atom is 0.326 e. The summed E-state index contributed by atoms with van der Waals surface area (Å²) >= 11 is 0. The smallest absolute Gasteiger partial charge is 0.326 e. The van der Waals surface area contributed by atoms with Crippen LogP contribution in [0.4, 0.5) is 4.79 Å². The molecule has 6 heteroatoms. The largest absolute Gasteiger partial charge is 0.480 e. The van der Waals surface area contributed by atoms with Crippen molar-refractivity contribution < 1.29 is 19.4 Å². The lowest BCUT2D eigenvalue weighted by Crippen LogP contribution is -2.52. The van der Waals surface area contributed by atoms with Gasteiger partial charge in [-0.3, -0.25) is 0 Å². The van der Waals surface area contributed by atoms with E-state index in [9.17, 15) is 14.7 Å². The summed E-state index contributed by atoms with van der Waals surface area (Å²) in [5, 5.41) is 9.26. The maximum atomic E-state index is 12.5. The highest BCUT2D eigenvalue weighted by atomic mass is 16.5. The fraction of sp³-hybridized carbons (Fsp3) is 0.846. The highest BCUT2D eigenvalue weighted by molar-refractivity contribution is 5.83. The predicted octanol–water partition coefficient (Wildman–Crippen LogP) is 1.26. The van der Waals surface area contributed by atoms with E-state index in [4.69, 9.17) is 4.74 Å². The number of amides is 2. The molecule has 1 N–H and O–H groups in total. The fourth-order valence-corrected chi connectivity index (χ4v) is 2.47. The molecule has 1 fully saturated rings. The summed E-state index contributed by atoms with van der Waals surface area (Å²) in [5.41, 5.74) is 0. The number of methoxy groups -OCH3 is 1. The van der Waals surface area contributed by atoms with Gasteiger partial charge in [0.15, 0.2) is 0 Å². The number of aliphatic carboxylic acids is 1. The molecule has 0 aromatic rings. The molecular weight excluding hydrogens is 248 g/mol. The van der Waals surface area contributed by atoms with Crippen molar-refractivity contribution >= 4 is 12.0 Å². The van der Waals surface area contributed by atoms with E-state index >= 15 is 0 Å². The third-order valence-corrected chi connectivity index (χ3v) is 3.60. The van der Waals surface area contributed by atoms with Crippen molar-refractivity contribution in [2.75, 3.05) is 26.8 Å². The van der Waals surface area contributed by atoms with Crippen LogP contribution in [0.15, 0.2) is 0 Å². The average Bonchev–Trinajstić information content (AvgIpc) is 2.71. The van der Waals surface area contributed by atoms with Gasteiger partial charge in [-0.2, -0.15) is 0 Å². The minimum atomic E-state index is -0.922. The van der Waals surface area contributed by atoms with Gasteiger partial charge in [0.1, 0.15) is 6.04 Å². The van der Waals surface area contributed by atoms with Crippen LogP contribution in [0.1, 0.15) is 27.2 Å². The number of carboxylic acid groups (broad SMARTS) is 1. The number of nitrogens with zero attached hydrogens (tertiary/aromatic N) is 2. The normalized spacial score (nSPS) is 22.9. The third-order valence-electron chi connectivity index (χ3n) is 3.60. The lowest BCUT2D eigenvalue weighted by atomic mass is 10.0. The van der Waals surface area contributed by atoms with E-state index in [2.05, 4.69) is 0 Å². The minimum Gasteiger partial charge on any atom is -0.480 e. The van der Waals surface area contributed by atoms with Gasteiger partial charge in [-0.05, 0) is 26.2 Å².